The zero-order valence-electron chi connectivity index (χ0n) is 13.9. The fourth-order valence-electron chi connectivity index (χ4n) is 1.73. The van der Waals surface area contributed by atoms with Gasteiger partial charge in [-0.1, -0.05) is 11.8 Å². The van der Waals surface area contributed by atoms with Gasteiger partial charge in [0.15, 0.2) is 5.76 Å². The lowest BCUT2D eigenvalue weighted by Gasteiger charge is -2.21. The Labute approximate surface area is 143 Å². The summed E-state index contributed by atoms with van der Waals surface area (Å²) >= 11 is 1.09. The van der Waals surface area contributed by atoms with Gasteiger partial charge in [-0.2, -0.15) is 0 Å². The van der Waals surface area contributed by atoms with Crippen molar-refractivity contribution in [1.82, 2.24) is 25.5 Å². The van der Waals surface area contributed by atoms with Crippen molar-refractivity contribution in [2.45, 2.75) is 43.6 Å². The number of nitrogen functional groups attached to an aromatic ring is 1. The van der Waals surface area contributed by atoms with Gasteiger partial charge in [-0.3, -0.25) is 10.1 Å². The number of nitrogens with zero attached hydrogens (tertiary/aromatic N) is 3. The normalized spacial score (nSPS) is 12.7. The Balaban J connectivity index is 1.98. The van der Waals surface area contributed by atoms with Gasteiger partial charge in [0.05, 0.1) is 11.5 Å². The SMILES string of the molecule is C[C@H](Sc1nnc(-c2ccco2)n1N)C(=O)NC(=O)NC(C)(C)C. The van der Waals surface area contributed by atoms with Gasteiger partial charge in [-0.05, 0) is 39.8 Å². The molecule has 0 aliphatic carbocycles. The molecular formula is C14H20N6O3S. The molecule has 0 fully saturated rings. The van der Waals surface area contributed by atoms with E-state index in [1.165, 1.54) is 10.9 Å². The van der Waals surface area contributed by atoms with E-state index in [1.54, 1.807) is 19.1 Å². The number of nitrogens with one attached hydrogen (secondary N) is 2. The molecule has 0 spiro atoms. The average molecular weight is 352 g/mol. The third-order valence-electron chi connectivity index (χ3n) is 2.78. The fourth-order valence-corrected chi connectivity index (χ4v) is 2.50. The number of amides is 3. The van der Waals surface area contributed by atoms with Crippen LogP contribution in [0.1, 0.15) is 27.7 Å². The summed E-state index contributed by atoms with van der Waals surface area (Å²) in [6.45, 7) is 7.11. The first-order valence-electron chi connectivity index (χ1n) is 7.21. The lowest BCUT2D eigenvalue weighted by molar-refractivity contribution is -0.119. The molecule has 1 atom stereocenters. The number of hydrogen-bond donors (Lipinski definition) is 3. The maximum atomic E-state index is 12.1. The molecule has 0 saturated heterocycles. The number of urea groups is 1. The van der Waals surface area contributed by atoms with Crippen molar-refractivity contribution in [1.29, 1.82) is 0 Å². The summed E-state index contributed by atoms with van der Waals surface area (Å²) in [4.78, 5) is 23.8. The van der Waals surface area contributed by atoms with E-state index in [0.29, 0.717) is 16.7 Å². The molecule has 0 aliphatic heterocycles. The van der Waals surface area contributed by atoms with Crippen LogP contribution < -0.4 is 16.5 Å². The fraction of sp³-hybridized carbons (Fsp3) is 0.429. The Morgan fingerprint density at radius 2 is 2.08 bits per heavy atom. The molecular weight excluding hydrogens is 332 g/mol. The van der Waals surface area contributed by atoms with E-state index in [-0.39, 0.29) is 0 Å². The van der Waals surface area contributed by atoms with E-state index >= 15 is 0 Å². The number of aromatic nitrogens is 3. The minimum atomic E-state index is -0.591. The zero-order chi connectivity index (χ0) is 17.9. The van der Waals surface area contributed by atoms with E-state index in [9.17, 15) is 9.59 Å². The number of thioether (sulfide) groups is 1. The topological polar surface area (TPSA) is 128 Å². The number of carbonyl (C=O) groups is 2. The number of imide groups is 1. The third kappa shape index (κ3) is 4.51. The zero-order valence-corrected chi connectivity index (χ0v) is 14.7. The Morgan fingerprint density at radius 3 is 2.67 bits per heavy atom. The minimum Gasteiger partial charge on any atom is -0.461 e. The van der Waals surface area contributed by atoms with E-state index in [0.717, 1.165) is 11.8 Å². The van der Waals surface area contributed by atoms with Gasteiger partial charge in [0, 0.05) is 5.54 Å². The van der Waals surface area contributed by atoms with E-state index < -0.39 is 22.7 Å². The standard InChI is InChI=1S/C14H20N6O3S/c1-8(11(21)16-12(22)17-14(2,3)4)24-13-19-18-10(20(13)15)9-6-5-7-23-9/h5-8H,15H2,1-4H3,(H2,16,17,21,22)/t8-/m0/s1. The second-order valence-corrected chi connectivity index (χ2v) is 7.41. The number of carbonyl (C=O) groups excluding carboxylic acids is 2. The van der Waals surface area contributed by atoms with Gasteiger partial charge in [-0.25, -0.2) is 9.47 Å². The predicted molar refractivity (Wildman–Crippen MR) is 89.6 cm³/mol. The van der Waals surface area contributed by atoms with Gasteiger partial charge >= 0.3 is 6.03 Å². The van der Waals surface area contributed by atoms with E-state index in [1.807, 2.05) is 20.8 Å². The van der Waals surface area contributed by atoms with Crippen molar-refractivity contribution >= 4 is 23.7 Å². The first-order valence-corrected chi connectivity index (χ1v) is 8.09. The molecule has 2 rings (SSSR count). The van der Waals surface area contributed by atoms with Gasteiger partial charge in [0.1, 0.15) is 0 Å². The lowest BCUT2D eigenvalue weighted by atomic mass is 10.1. The maximum Gasteiger partial charge on any atom is 0.321 e. The molecule has 0 unspecified atom stereocenters. The molecule has 10 heteroatoms. The number of rotatable bonds is 4. The second-order valence-electron chi connectivity index (χ2n) is 6.11. The molecule has 24 heavy (non-hydrogen) atoms. The Hall–Kier alpha value is -2.49. The largest absolute Gasteiger partial charge is 0.461 e. The monoisotopic (exact) mass is 352 g/mol. The molecule has 2 aromatic heterocycles. The van der Waals surface area contributed by atoms with Gasteiger partial charge in [-0.15, -0.1) is 10.2 Å². The van der Waals surface area contributed by atoms with Crippen LogP contribution >= 0.6 is 11.8 Å². The van der Waals surface area contributed by atoms with Crippen LogP contribution in [0.25, 0.3) is 11.6 Å². The molecule has 0 aliphatic rings. The van der Waals surface area contributed by atoms with Crippen molar-refractivity contribution in [3.8, 4) is 11.6 Å². The molecule has 4 N–H and O–H groups in total. The molecule has 3 amide bonds. The summed E-state index contributed by atoms with van der Waals surface area (Å²) in [7, 11) is 0. The summed E-state index contributed by atoms with van der Waals surface area (Å²) in [5, 5.41) is 12.6. The van der Waals surface area contributed by atoms with Crippen LogP contribution in [-0.2, 0) is 4.79 Å². The van der Waals surface area contributed by atoms with E-state index in [2.05, 4.69) is 20.8 Å². The van der Waals surface area contributed by atoms with Crippen molar-refractivity contribution in [2.24, 2.45) is 0 Å². The summed E-state index contributed by atoms with van der Waals surface area (Å²) in [5.41, 5.74) is -0.434. The highest BCUT2D eigenvalue weighted by atomic mass is 32.2. The van der Waals surface area contributed by atoms with Crippen molar-refractivity contribution < 1.29 is 14.0 Å². The molecule has 2 heterocycles. The molecule has 0 radical (unpaired) electrons. The molecule has 0 bridgehead atoms. The summed E-state index contributed by atoms with van der Waals surface area (Å²) in [5.74, 6) is 6.29. The molecule has 9 nitrogen and oxygen atoms in total. The number of nitrogens with two attached hydrogens (primary N) is 1. The van der Waals surface area contributed by atoms with Crippen LogP contribution in [0.15, 0.2) is 28.0 Å². The highest BCUT2D eigenvalue weighted by Crippen LogP contribution is 2.24. The Morgan fingerprint density at radius 1 is 1.38 bits per heavy atom. The van der Waals surface area contributed by atoms with Gasteiger partial charge in [0.25, 0.3) is 0 Å². The average Bonchev–Trinajstić information content (AvgIpc) is 3.07. The van der Waals surface area contributed by atoms with Crippen LogP contribution in [0, 0.1) is 0 Å². The molecule has 0 aromatic carbocycles. The molecule has 130 valence electrons. The third-order valence-corrected chi connectivity index (χ3v) is 3.84. The first kappa shape index (κ1) is 17.9. The summed E-state index contributed by atoms with van der Waals surface area (Å²) in [6.07, 6.45) is 1.50. The lowest BCUT2D eigenvalue weighted by Crippen LogP contribution is -2.49. The summed E-state index contributed by atoms with van der Waals surface area (Å²) < 4.78 is 6.46. The first-order chi connectivity index (χ1) is 11.2. The highest BCUT2D eigenvalue weighted by Gasteiger charge is 2.23. The highest BCUT2D eigenvalue weighted by molar-refractivity contribution is 8.00. The van der Waals surface area contributed by atoms with Crippen molar-refractivity contribution in [3.63, 3.8) is 0 Å². The van der Waals surface area contributed by atoms with Gasteiger partial charge in [0.2, 0.25) is 16.9 Å². The molecule has 2 aromatic rings. The van der Waals surface area contributed by atoms with Crippen LogP contribution in [0.5, 0.6) is 0 Å². The maximum absolute atomic E-state index is 12.1. The van der Waals surface area contributed by atoms with Crippen LogP contribution in [-0.4, -0.2) is 37.6 Å². The predicted octanol–water partition coefficient (Wildman–Crippen LogP) is 1.36. The van der Waals surface area contributed by atoms with Crippen molar-refractivity contribution in [3.05, 3.63) is 18.4 Å². The minimum absolute atomic E-state index is 0.334. The Kier molecular flexibility index (Phi) is 5.17. The van der Waals surface area contributed by atoms with Crippen LogP contribution in [0.3, 0.4) is 0 Å². The molecule has 0 saturated carbocycles. The van der Waals surface area contributed by atoms with Crippen LogP contribution in [0.4, 0.5) is 4.79 Å². The summed E-state index contributed by atoms with van der Waals surface area (Å²) in [6, 6.07) is 2.86. The van der Waals surface area contributed by atoms with E-state index in [4.69, 9.17) is 10.3 Å². The second kappa shape index (κ2) is 6.95. The Bertz CT molecular complexity index is 719. The smallest absolute Gasteiger partial charge is 0.321 e. The van der Waals surface area contributed by atoms with Crippen molar-refractivity contribution in [2.75, 3.05) is 5.84 Å². The van der Waals surface area contributed by atoms with Gasteiger partial charge < -0.3 is 15.6 Å². The number of hydrogen-bond acceptors (Lipinski definition) is 7. The number of furan rings is 1. The van der Waals surface area contributed by atoms with Crippen LogP contribution in [0.2, 0.25) is 0 Å². The quantitative estimate of drug-likeness (QED) is 0.560.